The maximum Gasteiger partial charge on any atom is 0.118 e. The zero-order valence-corrected chi connectivity index (χ0v) is 10.0. The number of nitrogens with two attached hydrogens (primary N) is 1. The third kappa shape index (κ3) is 2.84. The van der Waals surface area contributed by atoms with Gasteiger partial charge >= 0.3 is 0 Å². The highest BCUT2D eigenvalue weighted by Gasteiger charge is 2.27. The number of morpholine rings is 1. The minimum atomic E-state index is -0.0540. The first-order chi connectivity index (χ1) is 7.59. The number of hydrogen-bond acceptors (Lipinski definition) is 4. The predicted molar refractivity (Wildman–Crippen MR) is 61.9 cm³/mol. The first-order valence-corrected chi connectivity index (χ1v) is 5.73. The molecule has 0 saturated carbocycles. The largest absolute Gasteiger partial charge is 0.463 e. The summed E-state index contributed by atoms with van der Waals surface area (Å²) < 4.78 is 11.3. The van der Waals surface area contributed by atoms with Gasteiger partial charge in [-0.2, -0.15) is 0 Å². The van der Waals surface area contributed by atoms with Gasteiger partial charge in [0.05, 0.1) is 25.3 Å². The minimum absolute atomic E-state index is 0.0540. The fraction of sp³-hybridized carbons (Fsp3) is 0.667. The summed E-state index contributed by atoms with van der Waals surface area (Å²) in [6.45, 7) is 8.23. The quantitative estimate of drug-likeness (QED) is 0.842. The van der Waals surface area contributed by atoms with Crippen LogP contribution in [0.15, 0.2) is 16.5 Å². The van der Waals surface area contributed by atoms with Crippen LogP contribution in [-0.4, -0.2) is 30.2 Å². The molecule has 0 bridgehead atoms. The Bertz CT molecular complexity index is 347. The molecule has 1 aromatic rings. The van der Waals surface area contributed by atoms with Gasteiger partial charge in [-0.15, -0.1) is 0 Å². The van der Waals surface area contributed by atoms with Crippen LogP contribution in [0.4, 0.5) is 0 Å². The van der Waals surface area contributed by atoms with E-state index in [0.717, 1.165) is 37.8 Å². The molecule has 0 amide bonds. The van der Waals surface area contributed by atoms with Crippen molar-refractivity contribution < 1.29 is 9.15 Å². The van der Waals surface area contributed by atoms with Crippen LogP contribution in [0.25, 0.3) is 0 Å². The molecule has 4 heteroatoms. The van der Waals surface area contributed by atoms with Crippen molar-refractivity contribution >= 4 is 0 Å². The monoisotopic (exact) mass is 224 g/mol. The van der Waals surface area contributed by atoms with E-state index in [9.17, 15) is 0 Å². The summed E-state index contributed by atoms with van der Waals surface area (Å²) in [5.41, 5.74) is 5.46. The highest BCUT2D eigenvalue weighted by Crippen LogP contribution is 2.19. The highest BCUT2D eigenvalue weighted by molar-refractivity contribution is 5.07. The van der Waals surface area contributed by atoms with Crippen LogP contribution in [0.5, 0.6) is 0 Å². The summed E-state index contributed by atoms with van der Waals surface area (Å²) >= 11 is 0. The Morgan fingerprint density at radius 3 is 2.75 bits per heavy atom. The summed E-state index contributed by atoms with van der Waals surface area (Å²) in [5.74, 6) is 1.83. The van der Waals surface area contributed by atoms with Crippen LogP contribution in [0.2, 0.25) is 0 Å². The van der Waals surface area contributed by atoms with Crippen molar-refractivity contribution in [3.05, 3.63) is 23.7 Å². The summed E-state index contributed by atoms with van der Waals surface area (Å²) in [4.78, 5) is 2.35. The Labute approximate surface area is 96.4 Å². The van der Waals surface area contributed by atoms with Gasteiger partial charge in [-0.25, -0.2) is 0 Å². The Kier molecular flexibility index (Phi) is 3.33. The van der Waals surface area contributed by atoms with Crippen LogP contribution >= 0.6 is 0 Å². The van der Waals surface area contributed by atoms with E-state index < -0.39 is 0 Å². The molecule has 1 aromatic heterocycles. The van der Waals surface area contributed by atoms with E-state index in [1.54, 1.807) is 0 Å². The molecule has 1 aliphatic rings. The highest BCUT2D eigenvalue weighted by atomic mass is 16.5. The van der Waals surface area contributed by atoms with Gasteiger partial charge in [0.15, 0.2) is 0 Å². The van der Waals surface area contributed by atoms with Crippen LogP contribution in [0.1, 0.15) is 25.4 Å². The first kappa shape index (κ1) is 11.6. The second-order valence-electron chi connectivity index (χ2n) is 4.89. The number of rotatable bonds is 3. The number of hydrogen-bond donors (Lipinski definition) is 1. The van der Waals surface area contributed by atoms with Crippen molar-refractivity contribution in [2.45, 2.75) is 32.5 Å². The maximum atomic E-state index is 5.67. The first-order valence-electron chi connectivity index (χ1n) is 5.73. The molecule has 4 nitrogen and oxygen atoms in total. The van der Waals surface area contributed by atoms with E-state index >= 15 is 0 Å². The summed E-state index contributed by atoms with van der Waals surface area (Å²) in [6.07, 6.45) is 0. The molecule has 0 aliphatic carbocycles. The van der Waals surface area contributed by atoms with Crippen molar-refractivity contribution in [3.63, 3.8) is 0 Å². The summed E-state index contributed by atoms with van der Waals surface area (Å²) in [6, 6.07) is 3.95. The topological polar surface area (TPSA) is 51.6 Å². The molecular formula is C12H20N2O2. The fourth-order valence-corrected chi connectivity index (χ4v) is 2.09. The Morgan fingerprint density at radius 1 is 1.38 bits per heavy atom. The van der Waals surface area contributed by atoms with E-state index in [2.05, 4.69) is 18.7 Å². The molecule has 16 heavy (non-hydrogen) atoms. The molecule has 0 radical (unpaired) electrons. The van der Waals surface area contributed by atoms with Crippen LogP contribution < -0.4 is 5.73 Å². The normalized spacial score (nSPS) is 21.2. The van der Waals surface area contributed by atoms with Crippen molar-refractivity contribution in [2.75, 3.05) is 19.7 Å². The van der Waals surface area contributed by atoms with E-state index in [1.807, 2.05) is 12.1 Å². The average Bonchev–Trinajstić information content (AvgIpc) is 2.64. The third-order valence-corrected chi connectivity index (χ3v) is 2.80. The standard InChI is InChI=1S/C12H20N2O2/c1-12(2)9-14(5-6-15-12)8-11-4-3-10(7-13)16-11/h3-4H,5-9,13H2,1-2H3. The lowest BCUT2D eigenvalue weighted by Crippen LogP contribution is -2.47. The Balaban J connectivity index is 1.94. The van der Waals surface area contributed by atoms with Gasteiger partial charge < -0.3 is 14.9 Å². The zero-order chi connectivity index (χ0) is 11.6. The van der Waals surface area contributed by atoms with Crippen LogP contribution in [-0.2, 0) is 17.8 Å². The van der Waals surface area contributed by atoms with Gasteiger partial charge in [0, 0.05) is 13.1 Å². The Hall–Kier alpha value is -0.840. The molecule has 1 saturated heterocycles. The lowest BCUT2D eigenvalue weighted by molar-refractivity contribution is -0.0894. The molecule has 0 aromatic carbocycles. The van der Waals surface area contributed by atoms with Gasteiger partial charge in [-0.05, 0) is 26.0 Å². The molecule has 90 valence electrons. The van der Waals surface area contributed by atoms with Crippen molar-refractivity contribution in [1.82, 2.24) is 4.90 Å². The fourth-order valence-electron chi connectivity index (χ4n) is 2.09. The van der Waals surface area contributed by atoms with Gasteiger partial charge in [0.25, 0.3) is 0 Å². The van der Waals surface area contributed by atoms with Gasteiger partial charge in [-0.3, -0.25) is 4.90 Å². The molecule has 1 fully saturated rings. The molecule has 0 unspecified atom stereocenters. The number of nitrogens with zero attached hydrogens (tertiary/aromatic N) is 1. The number of furan rings is 1. The Morgan fingerprint density at radius 2 is 2.12 bits per heavy atom. The molecular weight excluding hydrogens is 204 g/mol. The molecule has 0 atom stereocenters. The van der Waals surface area contributed by atoms with Gasteiger partial charge in [-0.1, -0.05) is 0 Å². The van der Waals surface area contributed by atoms with Crippen molar-refractivity contribution in [2.24, 2.45) is 5.73 Å². The smallest absolute Gasteiger partial charge is 0.118 e. The minimum Gasteiger partial charge on any atom is -0.463 e. The average molecular weight is 224 g/mol. The van der Waals surface area contributed by atoms with Crippen LogP contribution in [0.3, 0.4) is 0 Å². The lowest BCUT2D eigenvalue weighted by Gasteiger charge is -2.37. The summed E-state index contributed by atoms with van der Waals surface area (Å²) in [5, 5.41) is 0. The lowest BCUT2D eigenvalue weighted by atomic mass is 10.1. The van der Waals surface area contributed by atoms with Crippen LogP contribution in [0, 0.1) is 0 Å². The summed E-state index contributed by atoms with van der Waals surface area (Å²) in [7, 11) is 0. The number of ether oxygens (including phenoxy) is 1. The zero-order valence-electron chi connectivity index (χ0n) is 10.0. The predicted octanol–water partition coefficient (Wildman–Crippen LogP) is 1.35. The van der Waals surface area contributed by atoms with E-state index in [0.29, 0.717) is 6.54 Å². The maximum absolute atomic E-state index is 5.67. The van der Waals surface area contributed by atoms with Gasteiger partial charge in [0.2, 0.25) is 0 Å². The third-order valence-electron chi connectivity index (χ3n) is 2.80. The van der Waals surface area contributed by atoms with E-state index in [-0.39, 0.29) is 5.60 Å². The van der Waals surface area contributed by atoms with Crippen molar-refractivity contribution in [3.8, 4) is 0 Å². The molecule has 2 rings (SSSR count). The molecule has 1 aliphatic heterocycles. The molecule has 2 heterocycles. The SMILES string of the molecule is CC1(C)CN(Cc2ccc(CN)o2)CCO1. The van der Waals surface area contributed by atoms with Gasteiger partial charge in [0.1, 0.15) is 11.5 Å². The van der Waals surface area contributed by atoms with E-state index in [4.69, 9.17) is 14.9 Å². The molecule has 0 spiro atoms. The van der Waals surface area contributed by atoms with E-state index in [1.165, 1.54) is 0 Å². The van der Waals surface area contributed by atoms with Crippen molar-refractivity contribution in [1.29, 1.82) is 0 Å². The molecule has 2 N–H and O–H groups in total. The second-order valence-corrected chi connectivity index (χ2v) is 4.89. The second kappa shape index (κ2) is 4.57.